The van der Waals surface area contributed by atoms with Crippen LogP contribution in [0.1, 0.15) is 11.1 Å². The van der Waals surface area contributed by atoms with Gasteiger partial charge in [0.1, 0.15) is 18.0 Å². The van der Waals surface area contributed by atoms with Crippen molar-refractivity contribution in [2.75, 3.05) is 45.8 Å². The van der Waals surface area contributed by atoms with Crippen molar-refractivity contribution in [2.24, 2.45) is 4.99 Å². The highest BCUT2D eigenvalue weighted by atomic mass is 16.6. The molecule has 0 saturated heterocycles. The van der Waals surface area contributed by atoms with Gasteiger partial charge in [-0.3, -0.25) is 15.1 Å². The lowest BCUT2D eigenvalue weighted by molar-refractivity contribution is -0.384. The molecule has 162 valence electrons. The Morgan fingerprint density at radius 2 is 1.93 bits per heavy atom. The summed E-state index contributed by atoms with van der Waals surface area (Å²) in [6, 6.07) is 12.6. The Morgan fingerprint density at radius 1 is 1.13 bits per heavy atom. The van der Waals surface area contributed by atoms with E-state index in [1.165, 1.54) is 6.07 Å². The zero-order valence-corrected chi connectivity index (χ0v) is 17.6. The molecule has 0 amide bonds. The lowest BCUT2D eigenvalue weighted by Gasteiger charge is -2.16. The number of nitro groups is 1. The number of hydrogen-bond acceptors (Lipinski definition) is 6. The van der Waals surface area contributed by atoms with Gasteiger partial charge >= 0.3 is 0 Å². The second kappa shape index (κ2) is 12.3. The molecule has 0 radical (unpaired) electrons. The van der Waals surface area contributed by atoms with Gasteiger partial charge in [-0.15, -0.1) is 0 Å². The highest BCUT2D eigenvalue weighted by molar-refractivity contribution is 5.79. The van der Waals surface area contributed by atoms with Gasteiger partial charge in [0, 0.05) is 45.4 Å². The Labute approximate surface area is 176 Å². The maximum atomic E-state index is 11.1. The van der Waals surface area contributed by atoms with E-state index in [0.717, 1.165) is 16.9 Å². The molecule has 0 saturated carbocycles. The van der Waals surface area contributed by atoms with Crippen molar-refractivity contribution < 1.29 is 14.4 Å². The number of para-hydroxylation sites is 2. The molecule has 0 aliphatic rings. The van der Waals surface area contributed by atoms with Crippen molar-refractivity contribution in [3.05, 3.63) is 63.7 Å². The van der Waals surface area contributed by atoms with Crippen molar-refractivity contribution in [3.8, 4) is 5.75 Å². The van der Waals surface area contributed by atoms with Gasteiger partial charge in [0.25, 0.3) is 5.69 Å². The second-order valence-electron chi connectivity index (χ2n) is 6.51. The van der Waals surface area contributed by atoms with Crippen LogP contribution in [0.2, 0.25) is 0 Å². The smallest absolute Gasteiger partial charge is 0.292 e. The number of ether oxygens (including phenoxy) is 2. The predicted octanol–water partition coefficient (Wildman–Crippen LogP) is 2.71. The number of benzene rings is 2. The van der Waals surface area contributed by atoms with Crippen LogP contribution in [0.3, 0.4) is 0 Å². The molecule has 9 nitrogen and oxygen atoms in total. The number of aryl methyl sites for hydroxylation is 1. The molecule has 0 heterocycles. The molecule has 0 atom stereocenters. The second-order valence-corrected chi connectivity index (χ2v) is 6.51. The van der Waals surface area contributed by atoms with E-state index in [4.69, 9.17) is 9.47 Å². The molecule has 9 heteroatoms. The number of anilines is 1. The van der Waals surface area contributed by atoms with Crippen molar-refractivity contribution in [3.63, 3.8) is 0 Å². The van der Waals surface area contributed by atoms with Gasteiger partial charge in [-0.1, -0.05) is 24.3 Å². The minimum atomic E-state index is -0.399. The lowest BCUT2D eigenvalue weighted by Crippen LogP contribution is -2.39. The first kappa shape index (κ1) is 23.0. The summed E-state index contributed by atoms with van der Waals surface area (Å²) >= 11 is 0. The number of hydrogen-bond donors (Lipinski definition) is 3. The first-order chi connectivity index (χ1) is 14.5. The third-order valence-corrected chi connectivity index (χ3v) is 4.27. The van der Waals surface area contributed by atoms with E-state index < -0.39 is 4.92 Å². The van der Waals surface area contributed by atoms with Crippen molar-refractivity contribution in [2.45, 2.75) is 13.5 Å². The predicted molar refractivity (Wildman–Crippen MR) is 118 cm³/mol. The summed E-state index contributed by atoms with van der Waals surface area (Å²) in [4.78, 5) is 14.9. The topological polar surface area (TPSA) is 110 Å². The quantitative estimate of drug-likeness (QED) is 0.170. The molecule has 3 N–H and O–H groups in total. The third-order valence-electron chi connectivity index (χ3n) is 4.27. The van der Waals surface area contributed by atoms with Gasteiger partial charge < -0.3 is 25.4 Å². The zero-order chi connectivity index (χ0) is 21.8. The fourth-order valence-electron chi connectivity index (χ4n) is 2.74. The van der Waals surface area contributed by atoms with Crippen molar-refractivity contribution in [1.29, 1.82) is 0 Å². The van der Waals surface area contributed by atoms with E-state index in [0.29, 0.717) is 44.5 Å². The van der Waals surface area contributed by atoms with Crippen molar-refractivity contribution in [1.82, 2.24) is 10.6 Å². The number of methoxy groups -OCH3 is 1. The van der Waals surface area contributed by atoms with Gasteiger partial charge in [0.05, 0.1) is 11.5 Å². The monoisotopic (exact) mass is 415 g/mol. The fraction of sp³-hybridized carbons (Fsp3) is 0.381. The van der Waals surface area contributed by atoms with E-state index in [2.05, 4.69) is 20.9 Å². The maximum Gasteiger partial charge on any atom is 0.292 e. The SMILES string of the molecule is CN=C(NCCNc1ccccc1[N+](=O)[O-])NCc1ccc(C)cc1OCCOC. The molecule has 0 unspecified atom stereocenters. The molecule has 0 bridgehead atoms. The van der Waals surface area contributed by atoms with E-state index in [1.54, 1.807) is 32.4 Å². The number of nitrogens with one attached hydrogen (secondary N) is 3. The number of rotatable bonds is 11. The average molecular weight is 415 g/mol. The fourth-order valence-corrected chi connectivity index (χ4v) is 2.74. The van der Waals surface area contributed by atoms with Crippen LogP contribution in [0.15, 0.2) is 47.5 Å². The first-order valence-corrected chi connectivity index (χ1v) is 9.68. The van der Waals surface area contributed by atoms with Gasteiger partial charge in [0.2, 0.25) is 0 Å². The van der Waals surface area contributed by atoms with E-state index >= 15 is 0 Å². The summed E-state index contributed by atoms with van der Waals surface area (Å²) in [6.45, 7) is 4.61. The van der Waals surface area contributed by atoms with Crippen LogP contribution in [0, 0.1) is 17.0 Å². The molecular weight excluding hydrogens is 386 g/mol. The summed E-state index contributed by atoms with van der Waals surface area (Å²) in [6.07, 6.45) is 0. The summed E-state index contributed by atoms with van der Waals surface area (Å²) in [5.74, 6) is 1.44. The maximum absolute atomic E-state index is 11.1. The van der Waals surface area contributed by atoms with Gasteiger partial charge in [-0.25, -0.2) is 0 Å². The van der Waals surface area contributed by atoms with E-state index in [1.807, 2.05) is 25.1 Å². The molecule has 0 spiro atoms. The van der Waals surface area contributed by atoms with E-state index in [9.17, 15) is 10.1 Å². The Bertz CT molecular complexity index is 857. The lowest BCUT2D eigenvalue weighted by atomic mass is 10.1. The zero-order valence-electron chi connectivity index (χ0n) is 17.6. The molecular formula is C21H29N5O4. The molecule has 2 rings (SSSR count). The van der Waals surface area contributed by atoms with E-state index in [-0.39, 0.29) is 5.69 Å². The number of guanidine groups is 1. The van der Waals surface area contributed by atoms with Gasteiger partial charge in [0.15, 0.2) is 5.96 Å². The highest BCUT2D eigenvalue weighted by Crippen LogP contribution is 2.22. The molecule has 30 heavy (non-hydrogen) atoms. The minimum absolute atomic E-state index is 0.0559. The molecule has 0 aliphatic heterocycles. The molecule has 2 aromatic carbocycles. The minimum Gasteiger partial charge on any atom is -0.491 e. The molecule has 0 fully saturated rings. The van der Waals surface area contributed by atoms with Crippen LogP contribution in [0.4, 0.5) is 11.4 Å². The molecule has 2 aromatic rings. The molecule has 0 aromatic heterocycles. The van der Waals surface area contributed by atoms with Crippen molar-refractivity contribution >= 4 is 17.3 Å². The summed E-state index contributed by atoms with van der Waals surface area (Å²) in [7, 11) is 3.33. The highest BCUT2D eigenvalue weighted by Gasteiger charge is 2.11. The average Bonchev–Trinajstić information content (AvgIpc) is 2.74. The van der Waals surface area contributed by atoms with Crippen LogP contribution in [-0.4, -0.2) is 51.3 Å². The van der Waals surface area contributed by atoms with Crippen LogP contribution < -0.4 is 20.7 Å². The number of nitrogens with zero attached hydrogens (tertiary/aromatic N) is 2. The Hall–Kier alpha value is -3.33. The summed E-state index contributed by atoms with van der Waals surface area (Å²) < 4.78 is 10.9. The number of aliphatic imine (C=N–C) groups is 1. The van der Waals surface area contributed by atoms with Crippen LogP contribution in [0.25, 0.3) is 0 Å². The van der Waals surface area contributed by atoms with Gasteiger partial charge in [-0.05, 0) is 24.6 Å². The summed E-state index contributed by atoms with van der Waals surface area (Å²) in [5.41, 5.74) is 2.68. The van der Waals surface area contributed by atoms with Crippen LogP contribution >= 0.6 is 0 Å². The third kappa shape index (κ3) is 7.25. The van der Waals surface area contributed by atoms with Crippen LogP contribution in [0.5, 0.6) is 5.75 Å². The van der Waals surface area contributed by atoms with Gasteiger partial charge in [-0.2, -0.15) is 0 Å². The largest absolute Gasteiger partial charge is 0.491 e. The standard InChI is InChI=1S/C21H29N5O4/c1-16-8-9-17(20(14-16)30-13-12-29-3)15-25-21(22-2)24-11-10-23-18-6-4-5-7-19(18)26(27)28/h4-9,14,23H,10-13,15H2,1-3H3,(H2,22,24,25). The normalized spacial score (nSPS) is 11.1. The van der Waals surface area contributed by atoms with Crippen LogP contribution in [-0.2, 0) is 11.3 Å². The number of nitro benzene ring substituents is 1. The Morgan fingerprint density at radius 3 is 2.67 bits per heavy atom. The molecule has 0 aliphatic carbocycles. The first-order valence-electron chi connectivity index (χ1n) is 9.68. The Kier molecular flexibility index (Phi) is 9.39. The summed E-state index contributed by atoms with van der Waals surface area (Å²) in [5, 5.41) is 20.6. The Balaban J connectivity index is 1.84.